The Balaban J connectivity index is 2.59. The minimum Gasteiger partial charge on any atom is -0.481 e. The molecular formula is C15H18N2O2. The van der Waals surface area contributed by atoms with Crippen molar-refractivity contribution < 1.29 is 9.90 Å². The maximum atomic E-state index is 10.9. The second-order valence-corrected chi connectivity index (χ2v) is 4.93. The number of aliphatic carboxylic acids is 1. The van der Waals surface area contributed by atoms with Gasteiger partial charge in [0, 0.05) is 24.4 Å². The summed E-state index contributed by atoms with van der Waals surface area (Å²) in [6.45, 7) is 6.20. The Bertz CT molecular complexity index is 642. The molecule has 0 atom stereocenters. The molecule has 0 saturated heterocycles. The van der Waals surface area contributed by atoms with Gasteiger partial charge in [0.05, 0.1) is 12.1 Å². The second kappa shape index (κ2) is 4.88. The molecule has 19 heavy (non-hydrogen) atoms. The van der Waals surface area contributed by atoms with Gasteiger partial charge >= 0.3 is 5.97 Å². The van der Waals surface area contributed by atoms with Gasteiger partial charge in [0.2, 0.25) is 0 Å². The molecule has 1 aromatic carbocycles. The lowest BCUT2D eigenvalue weighted by Gasteiger charge is -2.10. The van der Waals surface area contributed by atoms with E-state index in [2.05, 4.69) is 31.9 Å². The zero-order valence-corrected chi connectivity index (χ0v) is 11.7. The summed E-state index contributed by atoms with van der Waals surface area (Å²) in [6.07, 6.45) is 1.77. The molecule has 0 aliphatic rings. The molecule has 0 bridgehead atoms. The number of aromatic nitrogens is 2. The molecule has 1 heterocycles. The smallest absolute Gasteiger partial charge is 0.307 e. The highest BCUT2D eigenvalue weighted by Gasteiger charge is 2.15. The van der Waals surface area contributed by atoms with Gasteiger partial charge in [-0.1, -0.05) is 12.1 Å². The van der Waals surface area contributed by atoms with Crippen LogP contribution in [0.3, 0.4) is 0 Å². The lowest BCUT2D eigenvalue weighted by molar-refractivity contribution is -0.136. The topological polar surface area (TPSA) is 55.1 Å². The van der Waals surface area contributed by atoms with E-state index in [-0.39, 0.29) is 6.42 Å². The lowest BCUT2D eigenvalue weighted by Crippen LogP contribution is -2.01. The first-order valence-corrected chi connectivity index (χ1v) is 6.21. The van der Waals surface area contributed by atoms with Gasteiger partial charge in [-0.2, -0.15) is 5.10 Å². The van der Waals surface area contributed by atoms with Crippen molar-refractivity contribution in [1.29, 1.82) is 0 Å². The fraction of sp³-hybridized carbons (Fsp3) is 0.333. The summed E-state index contributed by atoms with van der Waals surface area (Å²) in [5.74, 6) is -0.837. The molecule has 4 nitrogen and oxygen atoms in total. The average Bonchev–Trinajstić information content (AvgIpc) is 2.66. The second-order valence-electron chi connectivity index (χ2n) is 4.93. The Labute approximate surface area is 112 Å². The standard InChI is InChI=1S/C15H18N2O2/c1-9-5-6-13(11(3)10(9)2)15-12(7-14(18)19)8-17(4)16-15/h5-6,8H,7H2,1-4H3,(H,18,19). The third-order valence-corrected chi connectivity index (χ3v) is 3.56. The quantitative estimate of drug-likeness (QED) is 0.920. The van der Waals surface area contributed by atoms with Crippen molar-refractivity contribution in [3.8, 4) is 11.3 Å². The summed E-state index contributed by atoms with van der Waals surface area (Å²) in [4.78, 5) is 10.9. The molecule has 2 rings (SSSR count). The van der Waals surface area contributed by atoms with E-state index in [0.29, 0.717) is 0 Å². The summed E-state index contributed by atoms with van der Waals surface area (Å²) in [7, 11) is 1.81. The van der Waals surface area contributed by atoms with Crippen molar-refractivity contribution in [3.05, 3.63) is 40.6 Å². The van der Waals surface area contributed by atoms with Gasteiger partial charge in [-0.3, -0.25) is 9.48 Å². The van der Waals surface area contributed by atoms with E-state index < -0.39 is 5.97 Å². The highest BCUT2D eigenvalue weighted by Crippen LogP contribution is 2.29. The van der Waals surface area contributed by atoms with Gasteiger partial charge in [0.1, 0.15) is 0 Å². The van der Waals surface area contributed by atoms with Gasteiger partial charge in [0.15, 0.2) is 0 Å². The predicted octanol–water partition coefficient (Wildman–Crippen LogP) is 2.64. The van der Waals surface area contributed by atoms with Gasteiger partial charge in [0.25, 0.3) is 0 Å². The molecule has 0 aliphatic carbocycles. The minimum absolute atomic E-state index is 0.00443. The third-order valence-electron chi connectivity index (χ3n) is 3.56. The molecule has 0 aliphatic heterocycles. The first kappa shape index (κ1) is 13.3. The molecule has 4 heteroatoms. The summed E-state index contributed by atoms with van der Waals surface area (Å²) in [5.41, 5.74) is 6.15. The molecule has 0 spiro atoms. The van der Waals surface area contributed by atoms with Gasteiger partial charge in [-0.05, 0) is 37.5 Å². The van der Waals surface area contributed by atoms with Crippen molar-refractivity contribution in [2.75, 3.05) is 0 Å². The highest BCUT2D eigenvalue weighted by atomic mass is 16.4. The molecule has 0 amide bonds. The van der Waals surface area contributed by atoms with Crippen molar-refractivity contribution in [2.24, 2.45) is 7.05 Å². The van der Waals surface area contributed by atoms with Crippen LogP contribution in [0.15, 0.2) is 18.3 Å². The normalized spacial score (nSPS) is 10.7. The van der Waals surface area contributed by atoms with Crippen LogP contribution in [-0.4, -0.2) is 20.9 Å². The number of carbonyl (C=O) groups is 1. The van der Waals surface area contributed by atoms with Crippen molar-refractivity contribution in [1.82, 2.24) is 9.78 Å². The molecule has 0 radical (unpaired) electrons. The van der Waals surface area contributed by atoms with Crippen LogP contribution in [0.5, 0.6) is 0 Å². The van der Waals surface area contributed by atoms with Crippen molar-refractivity contribution in [3.63, 3.8) is 0 Å². The Kier molecular flexibility index (Phi) is 3.42. The Morgan fingerprint density at radius 2 is 1.95 bits per heavy atom. The molecule has 1 N–H and O–H groups in total. The number of benzene rings is 1. The number of nitrogens with zero attached hydrogens (tertiary/aromatic N) is 2. The van der Waals surface area contributed by atoms with Gasteiger partial charge < -0.3 is 5.11 Å². The largest absolute Gasteiger partial charge is 0.481 e. The Morgan fingerprint density at radius 3 is 2.58 bits per heavy atom. The van der Waals surface area contributed by atoms with E-state index in [1.807, 2.05) is 13.1 Å². The molecular weight excluding hydrogens is 240 g/mol. The zero-order chi connectivity index (χ0) is 14.2. The van der Waals surface area contributed by atoms with Crippen LogP contribution in [0.1, 0.15) is 22.3 Å². The van der Waals surface area contributed by atoms with Gasteiger partial charge in [-0.15, -0.1) is 0 Å². The maximum Gasteiger partial charge on any atom is 0.307 e. The van der Waals surface area contributed by atoms with Crippen molar-refractivity contribution >= 4 is 5.97 Å². The fourth-order valence-electron chi connectivity index (χ4n) is 2.27. The van der Waals surface area contributed by atoms with E-state index >= 15 is 0 Å². The molecule has 1 aromatic heterocycles. The number of carboxylic acid groups (broad SMARTS) is 1. The summed E-state index contributed by atoms with van der Waals surface area (Å²) < 4.78 is 1.67. The minimum atomic E-state index is -0.837. The van der Waals surface area contributed by atoms with E-state index in [4.69, 9.17) is 5.11 Å². The van der Waals surface area contributed by atoms with E-state index in [9.17, 15) is 4.79 Å². The van der Waals surface area contributed by atoms with Crippen molar-refractivity contribution in [2.45, 2.75) is 27.2 Å². The summed E-state index contributed by atoms with van der Waals surface area (Å²) in [5, 5.41) is 13.4. The SMILES string of the molecule is Cc1ccc(-c2nn(C)cc2CC(=O)O)c(C)c1C. The maximum absolute atomic E-state index is 10.9. The first-order chi connectivity index (χ1) is 8.90. The molecule has 0 saturated carbocycles. The number of hydrogen-bond donors (Lipinski definition) is 1. The van der Waals surface area contributed by atoms with Crippen LogP contribution in [-0.2, 0) is 18.3 Å². The molecule has 0 unspecified atom stereocenters. The number of hydrogen-bond acceptors (Lipinski definition) is 2. The third kappa shape index (κ3) is 2.52. The summed E-state index contributed by atoms with van der Waals surface area (Å²) >= 11 is 0. The van der Waals surface area contributed by atoms with Crippen LogP contribution < -0.4 is 0 Å². The zero-order valence-electron chi connectivity index (χ0n) is 11.7. The van der Waals surface area contributed by atoms with Crippen LogP contribution in [0, 0.1) is 20.8 Å². The van der Waals surface area contributed by atoms with Crippen LogP contribution in [0.4, 0.5) is 0 Å². The van der Waals surface area contributed by atoms with Crippen LogP contribution in [0.2, 0.25) is 0 Å². The van der Waals surface area contributed by atoms with Crippen LogP contribution in [0.25, 0.3) is 11.3 Å². The Morgan fingerprint density at radius 1 is 1.26 bits per heavy atom. The number of aryl methyl sites for hydroxylation is 2. The highest BCUT2D eigenvalue weighted by molar-refractivity contribution is 5.76. The van der Waals surface area contributed by atoms with E-state index in [0.717, 1.165) is 22.4 Å². The molecule has 0 fully saturated rings. The van der Waals surface area contributed by atoms with Crippen LogP contribution >= 0.6 is 0 Å². The molecule has 100 valence electrons. The predicted molar refractivity (Wildman–Crippen MR) is 74.2 cm³/mol. The average molecular weight is 258 g/mol. The Hall–Kier alpha value is -2.10. The first-order valence-electron chi connectivity index (χ1n) is 6.21. The van der Waals surface area contributed by atoms with Gasteiger partial charge in [-0.25, -0.2) is 0 Å². The fourth-order valence-corrected chi connectivity index (χ4v) is 2.27. The number of rotatable bonds is 3. The number of carboxylic acids is 1. The lowest BCUT2D eigenvalue weighted by atomic mass is 9.95. The van der Waals surface area contributed by atoms with E-state index in [1.54, 1.807) is 10.9 Å². The molecule has 2 aromatic rings. The van der Waals surface area contributed by atoms with E-state index in [1.165, 1.54) is 11.1 Å². The monoisotopic (exact) mass is 258 g/mol. The summed E-state index contributed by atoms with van der Waals surface area (Å²) in [6, 6.07) is 4.07.